The predicted octanol–water partition coefficient (Wildman–Crippen LogP) is 14.7. The average Bonchev–Trinajstić information content (AvgIpc) is 3.25. The Morgan fingerprint density at radius 2 is 1.00 bits per heavy atom. The Morgan fingerprint density at radius 3 is 1.48 bits per heavy atom. The number of esters is 1. The maximum absolute atomic E-state index is 13.4. The molecule has 0 saturated heterocycles. The van der Waals surface area contributed by atoms with Gasteiger partial charge in [-0.25, -0.2) is 4.57 Å². The molecule has 9 nitrogen and oxygen atoms in total. The van der Waals surface area contributed by atoms with E-state index >= 15 is 0 Å². The lowest BCUT2D eigenvalue weighted by Crippen LogP contribution is -2.47. The summed E-state index contributed by atoms with van der Waals surface area (Å²) in [6, 6.07) is -0.869. The fourth-order valence-electron chi connectivity index (χ4n) is 6.76. The molecule has 0 aliphatic rings. The molecule has 0 aromatic carbocycles. The number of nitrogens with zero attached hydrogens (tertiary/aromatic N) is 1. The van der Waals surface area contributed by atoms with Gasteiger partial charge in [-0.3, -0.25) is 18.6 Å². The van der Waals surface area contributed by atoms with Crippen LogP contribution in [0.1, 0.15) is 194 Å². The van der Waals surface area contributed by atoms with Crippen molar-refractivity contribution in [1.82, 2.24) is 5.32 Å². The van der Waals surface area contributed by atoms with E-state index in [0.29, 0.717) is 23.9 Å². The van der Waals surface area contributed by atoms with Gasteiger partial charge in [-0.15, -0.1) is 0 Å². The minimum atomic E-state index is -4.45. The summed E-state index contributed by atoms with van der Waals surface area (Å²) in [5.74, 6) is -0.562. The van der Waals surface area contributed by atoms with Crippen LogP contribution in [0.4, 0.5) is 0 Å². The number of unbranched alkanes of at least 4 members (excludes halogenated alkanes) is 20. The zero-order valence-electron chi connectivity index (χ0n) is 41.7. The summed E-state index contributed by atoms with van der Waals surface area (Å²) in [5, 5.41) is 3.01. The SMILES string of the molecule is CC/C=C/C=C/C=C\CCCCCCCC(=O)NC(COP(=O)(O)OCC[N+](C)(C)C)C(/C=C/CCCCCCCCCCCC)OC(=O)CCCCCCC\C=C/C=C/C=C/CC. The number of amides is 1. The molecule has 10 heteroatoms. The lowest BCUT2D eigenvalue weighted by Gasteiger charge is -2.27. The van der Waals surface area contributed by atoms with E-state index in [2.05, 4.69) is 86.8 Å². The van der Waals surface area contributed by atoms with Crippen LogP contribution < -0.4 is 5.32 Å². The van der Waals surface area contributed by atoms with Crippen LogP contribution >= 0.6 is 7.82 Å². The molecule has 0 bridgehead atoms. The summed E-state index contributed by atoms with van der Waals surface area (Å²) >= 11 is 0. The number of quaternary nitrogens is 1. The molecule has 3 unspecified atom stereocenters. The fraction of sp³-hybridized carbons (Fsp3) is 0.704. The average molecular weight is 916 g/mol. The number of carbonyl (C=O) groups excluding carboxylic acids is 2. The van der Waals surface area contributed by atoms with Gasteiger partial charge < -0.3 is 19.4 Å². The van der Waals surface area contributed by atoms with Gasteiger partial charge >= 0.3 is 13.8 Å². The van der Waals surface area contributed by atoms with Gasteiger partial charge in [0.05, 0.1) is 33.8 Å². The first-order valence-corrected chi connectivity index (χ1v) is 27.0. The van der Waals surface area contributed by atoms with Crippen LogP contribution in [0.25, 0.3) is 0 Å². The van der Waals surface area contributed by atoms with Crippen molar-refractivity contribution in [2.24, 2.45) is 0 Å². The van der Waals surface area contributed by atoms with Gasteiger partial charge in [0.1, 0.15) is 19.3 Å². The third-order valence-corrected chi connectivity index (χ3v) is 11.7. The number of likely N-dealkylation sites (N-methyl/N-ethyl adjacent to an activating group) is 1. The summed E-state index contributed by atoms with van der Waals surface area (Å²) in [4.78, 5) is 37.4. The highest BCUT2D eigenvalue weighted by Crippen LogP contribution is 2.43. The molecule has 0 aromatic rings. The number of phosphoric ester groups is 1. The second-order valence-electron chi connectivity index (χ2n) is 18.1. The number of hydrogen-bond acceptors (Lipinski definition) is 6. The monoisotopic (exact) mass is 916 g/mol. The quantitative estimate of drug-likeness (QED) is 0.0156. The van der Waals surface area contributed by atoms with Crippen molar-refractivity contribution in [2.45, 2.75) is 206 Å². The molecule has 1 amide bonds. The van der Waals surface area contributed by atoms with Crippen molar-refractivity contribution < 1.29 is 37.3 Å². The van der Waals surface area contributed by atoms with Gasteiger partial charge in [-0.1, -0.05) is 196 Å². The first-order valence-electron chi connectivity index (χ1n) is 25.5. The third kappa shape index (κ3) is 44.4. The zero-order valence-corrected chi connectivity index (χ0v) is 42.6. The molecule has 0 fully saturated rings. The van der Waals surface area contributed by atoms with Crippen LogP contribution in [0.2, 0.25) is 0 Å². The van der Waals surface area contributed by atoms with Crippen molar-refractivity contribution >= 4 is 19.7 Å². The topological polar surface area (TPSA) is 111 Å². The minimum absolute atomic E-state index is 0.0282. The summed E-state index contributed by atoms with van der Waals surface area (Å²) in [6.45, 7) is 6.68. The molecular weight excluding hydrogens is 820 g/mol. The van der Waals surface area contributed by atoms with Crippen molar-refractivity contribution in [1.29, 1.82) is 0 Å². The first kappa shape index (κ1) is 61.2. The van der Waals surface area contributed by atoms with Gasteiger partial charge in [-0.05, 0) is 70.3 Å². The highest BCUT2D eigenvalue weighted by atomic mass is 31.2. The molecule has 0 aliphatic heterocycles. The van der Waals surface area contributed by atoms with Crippen molar-refractivity contribution in [3.05, 3.63) is 85.1 Å². The number of nitrogens with one attached hydrogen (secondary N) is 1. The van der Waals surface area contributed by atoms with Crippen molar-refractivity contribution in [3.8, 4) is 0 Å². The molecular formula is C54H96N2O7P+. The molecule has 64 heavy (non-hydrogen) atoms. The normalized spacial score (nSPS) is 14.7. The van der Waals surface area contributed by atoms with Crippen LogP contribution in [0.15, 0.2) is 85.1 Å². The first-order chi connectivity index (χ1) is 30.9. The summed E-state index contributed by atoms with van der Waals surface area (Å²) < 4.78 is 30.4. The molecule has 2 N–H and O–H groups in total. The van der Waals surface area contributed by atoms with Crippen LogP contribution in [0.3, 0.4) is 0 Å². The Bertz CT molecular complexity index is 1380. The van der Waals surface area contributed by atoms with E-state index in [9.17, 15) is 19.0 Å². The highest BCUT2D eigenvalue weighted by Gasteiger charge is 2.30. The number of rotatable bonds is 44. The summed E-state index contributed by atoms with van der Waals surface area (Å²) in [7, 11) is 1.45. The van der Waals surface area contributed by atoms with Crippen molar-refractivity contribution in [3.63, 3.8) is 0 Å². The Morgan fingerprint density at radius 1 is 0.562 bits per heavy atom. The molecule has 0 aliphatic carbocycles. The van der Waals surface area contributed by atoms with Crippen LogP contribution in [-0.2, 0) is 27.9 Å². The maximum Gasteiger partial charge on any atom is 0.472 e. The molecule has 0 radical (unpaired) electrons. The number of allylic oxidation sites excluding steroid dienone is 13. The Kier molecular flexibility index (Phi) is 42.1. The molecule has 0 heterocycles. The van der Waals surface area contributed by atoms with E-state index in [1.54, 1.807) is 0 Å². The van der Waals surface area contributed by atoms with E-state index in [-0.39, 0.29) is 31.5 Å². The number of phosphoric acid groups is 1. The number of hydrogen-bond donors (Lipinski definition) is 2. The second kappa shape index (κ2) is 44.0. The highest BCUT2D eigenvalue weighted by molar-refractivity contribution is 7.47. The van der Waals surface area contributed by atoms with Gasteiger partial charge in [0.15, 0.2) is 0 Å². The van der Waals surface area contributed by atoms with E-state index in [1.165, 1.54) is 51.4 Å². The maximum atomic E-state index is 13.4. The molecule has 0 rings (SSSR count). The molecule has 0 saturated carbocycles. The summed E-state index contributed by atoms with van der Waals surface area (Å²) in [5.41, 5.74) is 0. The van der Waals surface area contributed by atoms with Gasteiger partial charge in [0, 0.05) is 12.8 Å². The largest absolute Gasteiger partial charge is 0.472 e. The molecule has 368 valence electrons. The predicted molar refractivity (Wildman–Crippen MR) is 272 cm³/mol. The number of carbonyl (C=O) groups is 2. The van der Waals surface area contributed by atoms with Crippen molar-refractivity contribution in [2.75, 3.05) is 40.9 Å². The smallest absolute Gasteiger partial charge is 0.456 e. The minimum Gasteiger partial charge on any atom is -0.456 e. The third-order valence-electron chi connectivity index (χ3n) is 10.7. The van der Waals surface area contributed by atoms with Crippen LogP contribution in [0.5, 0.6) is 0 Å². The zero-order chi connectivity index (χ0) is 47.3. The summed E-state index contributed by atoms with van der Waals surface area (Å²) in [6.07, 6.45) is 55.8. The van der Waals surface area contributed by atoms with Crippen LogP contribution in [-0.4, -0.2) is 74.3 Å². The van der Waals surface area contributed by atoms with E-state index in [4.69, 9.17) is 13.8 Å². The van der Waals surface area contributed by atoms with Gasteiger partial charge in [0.2, 0.25) is 5.91 Å². The Hall–Kier alpha value is -2.81. The van der Waals surface area contributed by atoms with Gasteiger partial charge in [0.25, 0.3) is 0 Å². The second-order valence-corrected chi connectivity index (χ2v) is 19.5. The Labute approximate surface area is 393 Å². The number of ether oxygens (including phenoxy) is 1. The molecule has 0 spiro atoms. The fourth-order valence-corrected chi connectivity index (χ4v) is 7.50. The van der Waals surface area contributed by atoms with Gasteiger partial charge in [-0.2, -0.15) is 0 Å². The van der Waals surface area contributed by atoms with E-state index in [0.717, 1.165) is 103 Å². The van der Waals surface area contributed by atoms with E-state index in [1.807, 2.05) is 45.4 Å². The van der Waals surface area contributed by atoms with E-state index < -0.39 is 20.0 Å². The van der Waals surface area contributed by atoms with Crippen LogP contribution in [0, 0.1) is 0 Å². The molecule has 3 atom stereocenters. The lowest BCUT2D eigenvalue weighted by atomic mass is 10.0. The Balaban J connectivity index is 5.53. The standard InChI is InChI=1S/C54H95N2O7P/c1-7-10-13-16-19-22-25-28-31-34-37-40-43-46-53(57)55-51(50-62-64(59,60)61-49-48-56(4,5)6)52(45-42-39-36-33-30-27-24-21-18-15-12-9-3)63-54(58)47-44-41-38-35-32-29-26-23-20-17-14-11-8-2/h10-11,13-14,16-17,19-20,22-23,25-26,42,45,51-52H,7-9,12,15,18,21,24,27-41,43-44,46-50H2,1-6H3,(H-,55,57,59,60)/p+1/b13-10+,14-11+,19-16+,20-17+,25-22-,26-23-,45-42+. The lowest BCUT2D eigenvalue weighted by molar-refractivity contribution is -0.870. The molecule has 0 aromatic heterocycles.